The normalized spacial score (nSPS) is 19.0. The Morgan fingerprint density at radius 3 is 2.59 bits per heavy atom. The van der Waals surface area contributed by atoms with E-state index >= 15 is 0 Å². The summed E-state index contributed by atoms with van der Waals surface area (Å²) in [7, 11) is 3.29. The molecule has 1 saturated heterocycles. The van der Waals surface area contributed by atoms with Gasteiger partial charge in [-0.2, -0.15) is 0 Å². The Labute approximate surface area is 222 Å². The number of piperidine rings is 1. The lowest BCUT2D eigenvalue weighted by Crippen LogP contribution is -2.42. The van der Waals surface area contributed by atoms with E-state index in [-0.39, 0.29) is 18.3 Å². The van der Waals surface area contributed by atoms with Gasteiger partial charge in [-0.1, -0.05) is 0 Å². The number of hydrogen-bond acceptors (Lipinski definition) is 7. The summed E-state index contributed by atoms with van der Waals surface area (Å²) >= 11 is 1.80. The molecule has 2 heterocycles. The topological polar surface area (TPSA) is 92.1 Å². The molecule has 0 saturated carbocycles. The van der Waals surface area contributed by atoms with Crippen LogP contribution in [0.15, 0.2) is 59.6 Å². The molecular weight excluding hydrogens is 488 g/mol. The zero-order chi connectivity index (χ0) is 26.2. The number of aliphatic carboxylic acids is 1. The lowest BCUT2D eigenvalue weighted by Gasteiger charge is -2.38. The fourth-order valence-electron chi connectivity index (χ4n) is 5.25. The standard InChI is InChI=1S/C29H36N2O5S/c1-35-22-4-7-24(8-5-22)37-16-15-31-14-12-20(21(19-31)17-29(33)34)3-10-28(32)25-11-13-30-27-9-6-23(36-2)18-26(25)27/h4-9,11,13,18,20-21,28,32H,3,10,12,14-17,19H2,1-2H3,(H,33,34)/t20-,21+,28-/m1/s1. The number of pyridine rings is 1. The molecule has 0 aliphatic carbocycles. The zero-order valence-electron chi connectivity index (χ0n) is 21.5. The fourth-order valence-corrected chi connectivity index (χ4v) is 6.16. The summed E-state index contributed by atoms with van der Waals surface area (Å²) in [5, 5.41) is 21.5. The van der Waals surface area contributed by atoms with E-state index in [1.807, 2.05) is 36.4 Å². The van der Waals surface area contributed by atoms with Gasteiger partial charge in [0.25, 0.3) is 0 Å². The van der Waals surface area contributed by atoms with E-state index in [2.05, 4.69) is 22.0 Å². The number of carboxylic acid groups (broad SMARTS) is 1. The van der Waals surface area contributed by atoms with Crippen molar-refractivity contribution in [1.29, 1.82) is 0 Å². The van der Waals surface area contributed by atoms with Gasteiger partial charge in [0.15, 0.2) is 0 Å². The van der Waals surface area contributed by atoms with Gasteiger partial charge < -0.3 is 24.6 Å². The molecule has 1 fully saturated rings. The predicted octanol–water partition coefficient (Wildman–Crippen LogP) is 5.27. The van der Waals surface area contributed by atoms with Crippen LogP contribution in [0.2, 0.25) is 0 Å². The number of carboxylic acids is 1. The van der Waals surface area contributed by atoms with Gasteiger partial charge in [0.05, 0.1) is 25.8 Å². The van der Waals surface area contributed by atoms with Gasteiger partial charge in [0.1, 0.15) is 11.5 Å². The number of fused-ring (bicyclic) bond motifs is 1. The van der Waals surface area contributed by atoms with E-state index in [1.54, 1.807) is 32.2 Å². The zero-order valence-corrected chi connectivity index (χ0v) is 22.3. The lowest BCUT2D eigenvalue weighted by atomic mass is 9.79. The van der Waals surface area contributed by atoms with Crippen LogP contribution in [0.4, 0.5) is 0 Å². The molecule has 1 aromatic heterocycles. The summed E-state index contributed by atoms with van der Waals surface area (Å²) in [6, 6.07) is 15.6. The first-order valence-electron chi connectivity index (χ1n) is 12.8. The minimum atomic E-state index is -0.753. The number of rotatable bonds is 12. The minimum Gasteiger partial charge on any atom is -0.497 e. The second kappa shape index (κ2) is 13.1. The second-order valence-corrected chi connectivity index (χ2v) is 10.8. The highest BCUT2D eigenvalue weighted by Crippen LogP contribution is 2.35. The minimum absolute atomic E-state index is 0.0821. The van der Waals surface area contributed by atoms with Crippen LogP contribution in [0.1, 0.15) is 37.4 Å². The van der Waals surface area contributed by atoms with Crippen molar-refractivity contribution in [1.82, 2.24) is 9.88 Å². The maximum Gasteiger partial charge on any atom is 0.303 e. The summed E-state index contributed by atoms with van der Waals surface area (Å²) < 4.78 is 10.6. The van der Waals surface area contributed by atoms with Crippen LogP contribution in [-0.2, 0) is 4.79 Å². The van der Waals surface area contributed by atoms with Crippen LogP contribution < -0.4 is 9.47 Å². The van der Waals surface area contributed by atoms with Gasteiger partial charge >= 0.3 is 5.97 Å². The molecule has 8 heteroatoms. The molecule has 4 rings (SSSR count). The van der Waals surface area contributed by atoms with Crippen molar-refractivity contribution in [3.8, 4) is 11.5 Å². The number of benzene rings is 2. The van der Waals surface area contributed by atoms with Crippen molar-refractivity contribution in [2.75, 3.05) is 39.6 Å². The fraction of sp³-hybridized carbons (Fsp3) is 0.448. The molecule has 37 heavy (non-hydrogen) atoms. The Hall–Kier alpha value is -2.81. The highest BCUT2D eigenvalue weighted by Gasteiger charge is 2.31. The summed E-state index contributed by atoms with van der Waals surface area (Å²) in [4.78, 5) is 19.6. The Morgan fingerprint density at radius 2 is 1.86 bits per heavy atom. The van der Waals surface area contributed by atoms with Gasteiger partial charge in [0.2, 0.25) is 0 Å². The molecule has 2 N–H and O–H groups in total. The molecule has 1 aliphatic heterocycles. The Kier molecular flexibility index (Phi) is 9.66. The van der Waals surface area contributed by atoms with Gasteiger partial charge in [-0.15, -0.1) is 11.8 Å². The maximum atomic E-state index is 11.6. The number of hydrogen-bond donors (Lipinski definition) is 2. The van der Waals surface area contributed by atoms with Gasteiger partial charge in [0, 0.05) is 41.7 Å². The highest BCUT2D eigenvalue weighted by atomic mass is 32.2. The Balaban J connectivity index is 1.33. The second-order valence-electron chi connectivity index (χ2n) is 9.61. The van der Waals surface area contributed by atoms with Crippen molar-refractivity contribution >= 4 is 28.6 Å². The molecule has 2 aromatic carbocycles. The molecular formula is C29H36N2O5S. The molecule has 0 bridgehead atoms. The van der Waals surface area contributed by atoms with E-state index in [0.29, 0.717) is 6.42 Å². The number of nitrogens with zero attached hydrogens (tertiary/aromatic N) is 2. The molecule has 3 atom stereocenters. The average molecular weight is 525 g/mol. The number of methoxy groups -OCH3 is 2. The summed E-state index contributed by atoms with van der Waals surface area (Å²) in [6.45, 7) is 2.66. The molecule has 0 radical (unpaired) electrons. The van der Waals surface area contributed by atoms with E-state index in [4.69, 9.17) is 9.47 Å². The Morgan fingerprint density at radius 1 is 1.11 bits per heavy atom. The van der Waals surface area contributed by atoms with Gasteiger partial charge in [-0.3, -0.25) is 9.78 Å². The molecule has 7 nitrogen and oxygen atoms in total. The van der Waals surface area contributed by atoms with E-state index < -0.39 is 12.1 Å². The highest BCUT2D eigenvalue weighted by molar-refractivity contribution is 7.99. The van der Waals surface area contributed by atoms with Crippen LogP contribution >= 0.6 is 11.8 Å². The summed E-state index contributed by atoms with van der Waals surface area (Å²) in [5.74, 6) is 2.14. The summed E-state index contributed by atoms with van der Waals surface area (Å²) in [5.41, 5.74) is 1.66. The molecule has 0 amide bonds. The third-order valence-electron chi connectivity index (χ3n) is 7.30. The molecule has 1 aliphatic rings. The SMILES string of the molecule is COc1ccc(SCCN2CC[C@@H](CC[C@@H](O)c3ccnc4ccc(OC)cc34)[C@@H](CC(=O)O)C2)cc1. The third kappa shape index (κ3) is 7.37. The lowest BCUT2D eigenvalue weighted by molar-refractivity contribution is -0.139. The maximum absolute atomic E-state index is 11.6. The number of carbonyl (C=O) groups is 1. The van der Waals surface area contributed by atoms with E-state index in [1.165, 1.54) is 4.90 Å². The quantitative estimate of drug-likeness (QED) is 0.310. The van der Waals surface area contributed by atoms with Gasteiger partial charge in [-0.05, 0) is 91.7 Å². The molecule has 3 aromatic rings. The van der Waals surface area contributed by atoms with E-state index in [9.17, 15) is 15.0 Å². The number of likely N-dealkylation sites (tertiary alicyclic amines) is 1. The van der Waals surface area contributed by atoms with Crippen molar-refractivity contribution in [2.24, 2.45) is 11.8 Å². The van der Waals surface area contributed by atoms with E-state index in [0.717, 1.165) is 66.2 Å². The first kappa shape index (κ1) is 27.2. The van der Waals surface area contributed by atoms with Crippen molar-refractivity contribution in [3.05, 3.63) is 60.3 Å². The number of aliphatic hydroxyl groups is 1. The molecule has 198 valence electrons. The Bertz CT molecular complexity index is 1170. The average Bonchev–Trinajstić information content (AvgIpc) is 2.91. The van der Waals surface area contributed by atoms with Crippen LogP contribution in [0.3, 0.4) is 0 Å². The van der Waals surface area contributed by atoms with Crippen molar-refractivity contribution in [3.63, 3.8) is 0 Å². The van der Waals surface area contributed by atoms with Crippen LogP contribution in [-0.4, -0.2) is 65.7 Å². The number of aliphatic hydroxyl groups excluding tert-OH is 1. The largest absolute Gasteiger partial charge is 0.497 e. The summed E-state index contributed by atoms with van der Waals surface area (Å²) in [6.07, 6.45) is 3.58. The molecule has 0 spiro atoms. The van der Waals surface area contributed by atoms with Crippen LogP contribution in [0.5, 0.6) is 11.5 Å². The van der Waals surface area contributed by atoms with Crippen molar-refractivity contribution < 1.29 is 24.5 Å². The predicted molar refractivity (Wildman–Crippen MR) is 146 cm³/mol. The monoisotopic (exact) mass is 524 g/mol. The smallest absolute Gasteiger partial charge is 0.303 e. The first-order chi connectivity index (χ1) is 18.0. The van der Waals surface area contributed by atoms with Crippen LogP contribution in [0.25, 0.3) is 10.9 Å². The molecule has 0 unspecified atom stereocenters. The first-order valence-corrected chi connectivity index (χ1v) is 13.8. The number of ether oxygens (including phenoxy) is 2. The van der Waals surface area contributed by atoms with Crippen LogP contribution in [0, 0.1) is 11.8 Å². The third-order valence-corrected chi connectivity index (χ3v) is 8.29. The van der Waals surface area contributed by atoms with Crippen molar-refractivity contribution in [2.45, 2.75) is 36.7 Å². The number of aromatic nitrogens is 1. The number of thioether (sulfide) groups is 1. The van der Waals surface area contributed by atoms with Gasteiger partial charge in [-0.25, -0.2) is 0 Å².